The van der Waals surface area contributed by atoms with Crippen molar-refractivity contribution in [2.45, 2.75) is 32.9 Å². The summed E-state index contributed by atoms with van der Waals surface area (Å²) >= 11 is 1.14. The lowest BCUT2D eigenvalue weighted by atomic mass is 10.1. The Labute approximate surface area is 152 Å². The molecule has 3 rings (SSSR count). The van der Waals surface area contributed by atoms with Crippen LogP contribution in [0.15, 0.2) is 45.3 Å². The molecule has 1 amide bonds. The van der Waals surface area contributed by atoms with Crippen LogP contribution < -0.4 is 16.6 Å². The van der Waals surface area contributed by atoms with Crippen molar-refractivity contribution in [1.82, 2.24) is 14.5 Å². The summed E-state index contributed by atoms with van der Waals surface area (Å²) in [4.78, 5) is 38.0. The van der Waals surface area contributed by atoms with Crippen molar-refractivity contribution in [3.63, 3.8) is 0 Å². The second-order valence-electron chi connectivity index (χ2n) is 6.89. The molecule has 0 aliphatic carbocycles. The van der Waals surface area contributed by atoms with E-state index < -0.39 is 22.6 Å². The highest BCUT2D eigenvalue weighted by Crippen LogP contribution is 2.17. The van der Waals surface area contributed by atoms with Crippen molar-refractivity contribution in [3.8, 4) is 5.69 Å². The van der Waals surface area contributed by atoms with E-state index in [1.54, 1.807) is 17.5 Å². The molecule has 0 spiro atoms. The molecule has 0 atom stereocenters. The molecule has 0 radical (unpaired) electrons. The number of thiophene rings is 1. The van der Waals surface area contributed by atoms with Gasteiger partial charge in [0, 0.05) is 5.54 Å². The van der Waals surface area contributed by atoms with Gasteiger partial charge in [-0.3, -0.25) is 14.2 Å². The number of carbonyl (C=O) groups excluding carboxylic acids is 1. The zero-order valence-electron chi connectivity index (χ0n) is 14.6. The molecule has 0 fully saturated rings. The lowest BCUT2D eigenvalue weighted by molar-refractivity contribution is -0.123. The number of benzene rings is 1. The molecule has 2 aromatic heterocycles. The first-order valence-electron chi connectivity index (χ1n) is 7.98. The number of carbonyl (C=O) groups is 1. The van der Waals surface area contributed by atoms with Gasteiger partial charge in [-0.1, -0.05) is 12.1 Å². The van der Waals surface area contributed by atoms with Gasteiger partial charge in [0.05, 0.1) is 11.2 Å². The van der Waals surface area contributed by atoms with E-state index in [4.69, 9.17) is 0 Å². The maximum Gasteiger partial charge on any atom is 0.336 e. The topological polar surface area (TPSA) is 73.1 Å². The Kier molecular flexibility index (Phi) is 4.53. The third-order valence-electron chi connectivity index (χ3n) is 3.66. The average molecular weight is 375 g/mol. The number of para-hydroxylation sites is 1. The zero-order chi connectivity index (χ0) is 19.1. The molecule has 0 bridgehead atoms. The largest absolute Gasteiger partial charge is 0.350 e. The first-order chi connectivity index (χ1) is 12.2. The third-order valence-corrected chi connectivity index (χ3v) is 4.56. The Morgan fingerprint density at radius 1 is 1.19 bits per heavy atom. The van der Waals surface area contributed by atoms with Crippen molar-refractivity contribution in [2.24, 2.45) is 0 Å². The lowest BCUT2D eigenvalue weighted by Crippen LogP contribution is -2.46. The van der Waals surface area contributed by atoms with Gasteiger partial charge in [0.1, 0.15) is 17.1 Å². The maximum atomic E-state index is 14.2. The number of aromatic nitrogens is 2. The molecule has 0 saturated carbocycles. The Morgan fingerprint density at radius 2 is 1.88 bits per heavy atom. The van der Waals surface area contributed by atoms with Gasteiger partial charge < -0.3 is 5.32 Å². The van der Waals surface area contributed by atoms with Crippen LogP contribution in [0, 0.1) is 5.82 Å². The molecule has 136 valence electrons. The monoisotopic (exact) mass is 375 g/mol. The normalized spacial score (nSPS) is 11.7. The van der Waals surface area contributed by atoms with Crippen LogP contribution >= 0.6 is 11.3 Å². The fraction of sp³-hybridized carbons (Fsp3) is 0.278. The van der Waals surface area contributed by atoms with Crippen LogP contribution in [0.3, 0.4) is 0 Å². The summed E-state index contributed by atoms with van der Waals surface area (Å²) in [6.45, 7) is 5.22. The number of amides is 1. The fourth-order valence-electron chi connectivity index (χ4n) is 2.69. The van der Waals surface area contributed by atoms with Gasteiger partial charge in [-0.15, -0.1) is 11.3 Å². The molecule has 0 aliphatic rings. The van der Waals surface area contributed by atoms with Crippen LogP contribution in [0.25, 0.3) is 15.9 Å². The highest BCUT2D eigenvalue weighted by Gasteiger charge is 2.20. The summed E-state index contributed by atoms with van der Waals surface area (Å²) in [7, 11) is 0. The molecule has 0 aliphatic heterocycles. The van der Waals surface area contributed by atoms with Crippen molar-refractivity contribution in [3.05, 3.63) is 62.4 Å². The second kappa shape index (κ2) is 6.53. The molecule has 6 nitrogen and oxygen atoms in total. The summed E-state index contributed by atoms with van der Waals surface area (Å²) < 4.78 is 16.5. The van der Waals surface area contributed by atoms with Crippen LogP contribution in [0.2, 0.25) is 0 Å². The van der Waals surface area contributed by atoms with Crippen molar-refractivity contribution < 1.29 is 9.18 Å². The summed E-state index contributed by atoms with van der Waals surface area (Å²) in [5.74, 6) is -1.06. The van der Waals surface area contributed by atoms with E-state index in [1.807, 2.05) is 20.8 Å². The minimum Gasteiger partial charge on any atom is -0.350 e. The quantitative estimate of drug-likeness (QED) is 0.763. The number of fused-ring (bicyclic) bond motifs is 1. The van der Waals surface area contributed by atoms with E-state index in [1.165, 1.54) is 22.8 Å². The number of nitrogens with one attached hydrogen (secondary N) is 1. The number of halogens is 1. The highest BCUT2D eigenvalue weighted by atomic mass is 32.1. The molecule has 3 aromatic rings. The number of nitrogens with zero attached hydrogens (tertiary/aromatic N) is 2. The van der Waals surface area contributed by atoms with Gasteiger partial charge in [0.2, 0.25) is 5.91 Å². The first kappa shape index (κ1) is 18.1. The Hall–Kier alpha value is -2.74. The van der Waals surface area contributed by atoms with E-state index in [-0.39, 0.29) is 22.8 Å². The van der Waals surface area contributed by atoms with Crippen LogP contribution in [-0.2, 0) is 11.3 Å². The maximum absolute atomic E-state index is 14.2. The van der Waals surface area contributed by atoms with Crippen LogP contribution in [0.5, 0.6) is 0 Å². The Balaban J connectivity index is 2.23. The van der Waals surface area contributed by atoms with Gasteiger partial charge >= 0.3 is 5.69 Å². The molecular weight excluding hydrogens is 357 g/mol. The molecule has 0 saturated heterocycles. The van der Waals surface area contributed by atoms with Gasteiger partial charge in [-0.25, -0.2) is 13.8 Å². The van der Waals surface area contributed by atoms with Crippen molar-refractivity contribution >= 4 is 27.5 Å². The highest BCUT2D eigenvalue weighted by molar-refractivity contribution is 7.17. The zero-order valence-corrected chi connectivity index (χ0v) is 15.4. The standard InChI is InChI=1S/C18H18FN3O3S/c1-18(2,3)20-14(23)10-21-13-8-9-26-15(13)16(24)22(17(21)25)12-7-5-4-6-11(12)19/h4-9H,10H2,1-3H3,(H,20,23). The van der Waals surface area contributed by atoms with E-state index in [2.05, 4.69) is 5.32 Å². The van der Waals surface area contributed by atoms with Crippen LogP contribution in [-0.4, -0.2) is 20.6 Å². The van der Waals surface area contributed by atoms with Crippen molar-refractivity contribution in [1.29, 1.82) is 0 Å². The average Bonchev–Trinajstić information content (AvgIpc) is 3.01. The number of hydrogen-bond donors (Lipinski definition) is 1. The van der Waals surface area contributed by atoms with E-state index in [9.17, 15) is 18.8 Å². The van der Waals surface area contributed by atoms with Gasteiger partial charge in [-0.05, 0) is 44.4 Å². The van der Waals surface area contributed by atoms with Crippen molar-refractivity contribution in [2.75, 3.05) is 0 Å². The summed E-state index contributed by atoms with van der Waals surface area (Å²) in [6, 6.07) is 7.16. The Bertz CT molecular complexity index is 1110. The van der Waals surface area contributed by atoms with Crippen LogP contribution in [0.1, 0.15) is 20.8 Å². The molecule has 0 unspecified atom stereocenters. The summed E-state index contributed by atoms with van der Waals surface area (Å²) in [5, 5.41) is 4.44. The first-order valence-corrected chi connectivity index (χ1v) is 8.86. The van der Waals surface area contributed by atoms with Gasteiger partial charge in [0.15, 0.2) is 0 Å². The summed E-state index contributed by atoms with van der Waals surface area (Å²) in [6.07, 6.45) is 0. The molecular formula is C18H18FN3O3S. The molecule has 1 N–H and O–H groups in total. The van der Waals surface area contributed by atoms with E-state index in [0.717, 1.165) is 15.9 Å². The number of hydrogen-bond acceptors (Lipinski definition) is 4. The molecule has 26 heavy (non-hydrogen) atoms. The Morgan fingerprint density at radius 3 is 2.54 bits per heavy atom. The molecule has 1 aromatic carbocycles. The predicted octanol–water partition coefficient (Wildman–Crippen LogP) is 2.27. The van der Waals surface area contributed by atoms with E-state index >= 15 is 0 Å². The van der Waals surface area contributed by atoms with Gasteiger partial charge in [-0.2, -0.15) is 0 Å². The molecule has 8 heteroatoms. The minimum absolute atomic E-state index is 0.136. The smallest absolute Gasteiger partial charge is 0.336 e. The van der Waals surface area contributed by atoms with Gasteiger partial charge in [0.25, 0.3) is 5.56 Å². The predicted molar refractivity (Wildman–Crippen MR) is 99.5 cm³/mol. The minimum atomic E-state index is -0.755. The lowest BCUT2D eigenvalue weighted by Gasteiger charge is -2.21. The fourth-order valence-corrected chi connectivity index (χ4v) is 3.51. The molecule has 2 heterocycles. The van der Waals surface area contributed by atoms with Crippen LogP contribution in [0.4, 0.5) is 4.39 Å². The summed E-state index contributed by atoms with van der Waals surface area (Å²) in [5.41, 5.74) is -1.59. The second-order valence-corrected chi connectivity index (χ2v) is 7.81. The SMILES string of the molecule is CC(C)(C)NC(=O)Cn1c(=O)n(-c2ccccc2F)c(=O)c2sccc21. The van der Waals surface area contributed by atoms with E-state index in [0.29, 0.717) is 5.52 Å². The number of rotatable bonds is 3. The third kappa shape index (κ3) is 3.32.